The maximum Gasteiger partial charge on any atom is 0.262 e. The molecule has 2 N–H and O–H groups in total. The molecule has 0 fully saturated rings. The molecule has 1 atom stereocenters. The summed E-state index contributed by atoms with van der Waals surface area (Å²) in [6, 6.07) is 12.7. The highest BCUT2D eigenvalue weighted by Crippen LogP contribution is 2.35. The number of anilines is 1. The van der Waals surface area contributed by atoms with Gasteiger partial charge in [-0.3, -0.25) is 9.59 Å². The van der Waals surface area contributed by atoms with Crippen LogP contribution in [0.5, 0.6) is 11.5 Å². The largest absolute Gasteiger partial charge is 0.508 e. The van der Waals surface area contributed by atoms with Gasteiger partial charge in [-0.25, -0.2) is 4.98 Å². The van der Waals surface area contributed by atoms with Crippen LogP contribution in [-0.2, 0) is 13.0 Å². The molecule has 7 nitrogen and oxygen atoms in total. The fourth-order valence-electron chi connectivity index (χ4n) is 4.13. The van der Waals surface area contributed by atoms with E-state index in [0.29, 0.717) is 22.9 Å². The molecule has 0 unspecified atom stereocenters. The van der Waals surface area contributed by atoms with Crippen molar-refractivity contribution in [3.05, 3.63) is 82.1 Å². The first-order valence-corrected chi connectivity index (χ1v) is 11.0. The van der Waals surface area contributed by atoms with Crippen molar-refractivity contribution >= 4 is 29.1 Å². The van der Waals surface area contributed by atoms with E-state index in [4.69, 9.17) is 11.6 Å². The molecule has 2 aromatic carbocycles. The number of rotatable bonds is 4. The Morgan fingerprint density at radius 3 is 2.67 bits per heavy atom. The number of pyridine rings is 1. The summed E-state index contributed by atoms with van der Waals surface area (Å²) in [5, 5.41) is 20.1. The Morgan fingerprint density at radius 1 is 1.15 bits per heavy atom. The van der Waals surface area contributed by atoms with Crippen molar-refractivity contribution in [2.24, 2.45) is 0 Å². The summed E-state index contributed by atoms with van der Waals surface area (Å²) >= 11 is 5.94. The van der Waals surface area contributed by atoms with Gasteiger partial charge in [-0.15, -0.1) is 0 Å². The highest BCUT2D eigenvalue weighted by Gasteiger charge is 2.31. The van der Waals surface area contributed by atoms with Gasteiger partial charge in [-0.1, -0.05) is 11.6 Å². The SMILES string of the molecule is C[C@H]1CCc2cc(C(=O)N(C)Cc3ccnc(Cl)c3)ccc2N1C(=O)c1ccc(O)cc1O. The summed E-state index contributed by atoms with van der Waals surface area (Å²) < 4.78 is 0. The smallest absolute Gasteiger partial charge is 0.262 e. The normalized spacial score (nSPS) is 15.1. The lowest BCUT2D eigenvalue weighted by Gasteiger charge is -2.36. The number of aromatic hydroxyl groups is 2. The number of phenolic OH excluding ortho intramolecular Hbond substituents is 2. The van der Waals surface area contributed by atoms with Crippen LogP contribution in [0.3, 0.4) is 0 Å². The topological polar surface area (TPSA) is 94.0 Å². The van der Waals surface area contributed by atoms with Crippen LogP contribution in [0.15, 0.2) is 54.7 Å². The maximum absolute atomic E-state index is 13.3. The van der Waals surface area contributed by atoms with E-state index in [2.05, 4.69) is 4.98 Å². The molecule has 170 valence electrons. The molecule has 2 amide bonds. The zero-order valence-corrected chi connectivity index (χ0v) is 19.1. The van der Waals surface area contributed by atoms with E-state index in [9.17, 15) is 19.8 Å². The number of carbonyl (C=O) groups is 2. The number of phenols is 2. The molecule has 2 heterocycles. The number of fused-ring (bicyclic) bond motifs is 1. The van der Waals surface area contributed by atoms with Crippen LogP contribution in [-0.4, -0.2) is 45.0 Å². The number of nitrogens with zero attached hydrogens (tertiary/aromatic N) is 3. The lowest BCUT2D eigenvalue weighted by atomic mass is 9.93. The molecule has 0 saturated heterocycles. The van der Waals surface area contributed by atoms with Crippen molar-refractivity contribution < 1.29 is 19.8 Å². The minimum absolute atomic E-state index is 0.0844. The minimum Gasteiger partial charge on any atom is -0.508 e. The molecule has 4 rings (SSSR count). The number of benzene rings is 2. The summed E-state index contributed by atoms with van der Waals surface area (Å²) in [4.78, 5) is 33.5. The summed E-state index contributed by atoms with van der Waals surface area (Å²) in [6.07, 6.45) is 3.06. The highest BCUT2D eigenvalue weighted by atomic mass is 35.5. The van der Waals surface area contributed by atoms with Gasteiger partial charge in [-0.2, -0.15) is 0 Å². The van der Waals surface area contributed by atoms with Crippen molar-refractivity contribution in [1.82, 2.24) is 9.88 Å². The second kappa shape index (κ2) is 9.11. The molecule has 8 heteroatoms. The van der Waals surface area contributed by atoms with Crippen LogP contribution in [0.25, 0.3) is 0 Å². The predicted octanol–water partition coefficient (Wildman–Crippen LogP) is 4.40. The van der Waals surface area contributed by atoms with Gasteiger partial charge < -0.3 is 20.0 Å². The Hall–Kier alpha value is -3.58. The number of aryl methyl sites for hydroxylation is 1. The second-order valence-electron chi connectivity index (χ2n) is 8.26. The molecule has 0 spiro atoms. The molecule has 3 aromatic rings. The first-order valence-electron chi connectivity index (χ1n) is 10.6. The zero-order valence-electron chi connectivity index (χ0n) is 18.3. The highest BCUT2D eigenvalue weighted by molar-refractivity contribution is 6.29. The van der Waals surface area contributed by atoms with E-state index in [1.165, 1.54) is 12.1 Å². The van der Waals surface area contributed by atoms with Crippen LogP contribution in [0.1, 0.15) is 45.2 Å². The molecular formula is C25H24ClN3O4. The minimum atomic E-state index is -0.355. The molecule has 1 aliphatic heterocycles. The predicted molar refractivity (Wildman–Crippen MR) is 126 cm³/mol. The Kier molecular flexibility index (Phi) is 6.24. The maximum atomic E-state index is 13.3. The van der Waals surface area contributed by atoms with Gasteiger partial charge in [0.1, 0.15) is 16.7 Å². The summed E-state index contributed by atoms with van der Waals surface area (Å²) in [5.74, 6) is -0.883. The number of carbonyl (C=O) groups excluding carboxylic acids is 2. The third-order valence-corrected chi connectivity index (χ3v) is 6.05. The van der Waals surface area contributed by atoms with E-state index in [1.807, 2.05) is 19.1 Å². The number of halogens is 1. The Balaban J connectivity index is 1.59. The van der Waals surface area contributed by atoms with Gasteiger partial charge in [0.2, 0.25) is 0 Å². The second-order valence-corrected chi connectivity index (χ2v) is 8.64. The van der Waals surface area contributed by atoms with E-state index in [1.54, 1.807) is 41.2 Å². The number of hydrogen-bond acceptors (Lipinski definition) is 5. The van der Waals surface area contributed by atoms with Crippen molar-refractivity contribution in [1.29, 1.82) is 0 Å². The Labute approximate surface area is 196 Å². The molecule has 1 aliphatic rings. The van der Waals surface area contributed by atoms with Crippen LogP contribution >= 0.6 is 11.6 Å². The van der Waals surface area contributed by atoms with Gasteiger partial charge in [0, 0.05) is 43.1 Å². The van der Waals surface area contributed by atoms with E-state index in [-0.39, 0.29) is 34.9 Å². The molecular weight excluding hydrogens is 442 g/mol. The molecule has 0 saturated carbocycles. The van der Waals surface area contributed by atoms with Gasteiger partial charge in [0.25, 0.3) is 11.8 Å². The number of aromatic nitrogens is 1. The summed E-state index contributed by atoms with van der Waals surface area (Å²) in [7, 11) is 1.72. The fourth-order valence-corrected chi connectivity index (χ4v) is 4.33. The van der Waals surface area contributed by atoms with Gasteiger partial charge in [0.15, 0.2) is 0 Å². The van der Waals surface area contributed by atoms with Gasteiger partial charge >= 0.3 is 0 Å². The van der Waals surface area contributed by atoms with Gasteiger partial charge in [0.05, 0.1) is 5.56 Å². The monoisotopic (exact) mass is 465 g/mol. The lowest BCUT2D eigenvalue weighted by Crippen LogP contribution is -2.42. The Bertz CT molecular complexity index is 1230. The lowest BCUT2D eigenvalue weighted by molar-refractivity contribution is 0.0785. The molecule has 0 bridgehead atoms. The fraction of sp³-hybridized carbons (Fsp3) is 0.240. The van der Waals surface area contributed by atoms with Crippen LogP contribution < -0.4 is 4.90 Å². The van der Waals surface area contributed by atoms with Crippen LogP contribution in [0.4, 0.5) is 5.69 Å². The molecule has 0 aliphatic carbocycles. The third kappa shape index (κ3) is 4.64. The summed E-state index contributed by atoms with van der Waals surface area (Å²) in [5.41, 5.74) is 3.13. The average Bonchev–Trinajstić information content (AvgIpc) is 2.78. The van der Waals surface area contributed by atoms with Crippen molar-refractivity contribution in [2.75, 3.05) is 11.9 Å². The van der Waals surface area contributed by atoms with Gasteiger partial charge in [-0.05, 0) is 73.4 Å². The van der Waals surface area contributed by atoms with Crippen LogP contribution in [0.2, 0.25) is 5.15 Å². The number of hydrogen-bond donors (Lipinski definition) is 2. The van der Waals surface area contributed by atoms with Crippen LogP contribution in [0, 0.1) is 0 Å². The molecule has 1 aromatic heterocycles. The van der Waals surface area contributed by atoms with Crippen molar-refractivity contribution in [3.8, 4) is 11.5 Å². The van der Waals surface area contributed by atoms with E-state index >= 15 is 0 Å². The van der Waals surface area contributed by atoms with Crippen molar-refractivity contribution in [3.63, 3.8) is 0 Å². The number of amides is 2. The zero-order chi connectivity index (χ0) is 23.7. The standard InChI is InChI=1S/C25H24ClN3O4/c1-15-3-4-17-12-18(24(32)28(2)14-16-9-10-27-23(26)11-16)5-8-21(17)29(15)25(33)20-7-6-19(30)13-22(20)31/h5-13,15,30-31H,3-4,14H2,1-2H3/t15-/m0/s1. The first kappa shape index (κ1) is 22.6. The third-order valence-electron chi connectivity index (χ3n) is 5.85. The first-order chi connectivity index (χ1) is 15.7. The van der Waals surface area contributed by atoms with E-state index < -0.39 is 0 Å². The van der Waals surface area contributed by atoms with E-state index in [0.717, 1.165) is 30.0 Å². The van der Waals surface area contributed by atoms with Crippen molar-refractivity contribution in [2.45, 2.75) is 32.4 Å². The summed E-state index contributed by atoms with van der Waals surface area (Å²) in [6.45, 7) is 2.34. The quantitative estimate of drug-likeness (QED) is 0.557. The Morgan fingerprint density at radius 2 is 1.94 bits per heavy atom. The molecule has 0 radical (unpaired) electrons. The average molecular weight is 466 g/mol. The molecule has 33 heavy (non-hydrogen) atoms.